The summed E-state index contributed by atoms with van der Waals surface area (Å²) in [5.41, 5.74) is 6.88. The number of Topliss-reactive ketones (excluding diaryl/α,β-unsaturated/α-hetero) is 1. The van der Waals surface area contributed by atoms with Crippen LogP contribution in [0.1, 0.15) is 28.8 Å². The Morgan fingerprint density at radius 2 is 2.20 bits per heavy atom. The molecule has 1 saturated heterocycles. The number of ketones is 1. The molecule has 2 N–H and O–H groups in total. The summed E-state index contributed by atoms with van der Waals surface area (Å²) in [6, 6.07) is 8.85. The fraction of sp³-hybridized carbons (Fsp3) is 0.333. The molecule has 0 unspecified atom stereocenters. The first-order valence-electron chi connectivity index (χ1n) is 11.0. The van der Waals surface area contributed by atoms with Crippen LogP contribution < -0.4 is 20.9 Å². The number of carbonyl (C=O) groups excluding carboxylic acids is 1. The van der Waals surface area contributed by atoms with Crippen molar-refractivity contribution in [2.75, 3.05) is 25.1 Å². The second-order valence-corrected chi connectivity index (χ2v) is 9.30. The van der Waals surface area contributed by atoms with Crippen molar-refractivity contribution in [2.24, 2.45) is 5.73 Å². The highest BCUT2D eigenvalue weighted by Crippen LogP contribution is 2.32. The van der Waals surface area contributed by atoms with E-state index >= 15 is 0 Å². The number of nitrogens with zero attached hydrogens (tertiary/aromatic N) is 5. The van der Waals surface area contributed by atoms with Crippen molar-refractivity contribution in [1.29, 1.82) is 5.26 Å². The molecule has 0 radical (unpaired) electrons. The van der Waals surface area contributed by atoms with Crippen molar-refractivity contribution in [1.82, 2.24) is 14.1 Å². The lowest BCUT2D eigenvalue weighted by Gasteiger charge is -2.33. The van der Waals surface area contributed by atoms with Gasteiger partial charge in [-0.05, 0) is 31.1 Å². The molecule has 0 amide bonds. The Hall–Kier alpha value is -3.32. The summed E-state index contributed by atoms with van der Waals surface area (Å²) in [5.74, 6) is 0.806. The maximum Gasteiger partial charge on any atom is 0.278 e. The minimum absolute atomic E-state index is 0.0315. The lowest BCUT2D eigenvalue weighted by atomic mass is 10.1. The topological polar surface area (TPSA) is 119 Å². The van der Waals surface area contributed by atoms with Gasteiger partial charge in [-0.3, -0.25) is 14.2 Å². The number of piperidine rings is 1. The van der Waals surface area contributed by atoms with E-state index in [0.717, 1.165) is 12.8 Å². The van der Waals surface area contributed by atoms with Gasteiger partial charge in [0.05, 0.1) is 20.0 Å². The van der Waals surface area contributed by atoms with Gasteiger partial charge in [0.15, 0.2) is 5.78 Å². The molecule has 3 aromatic rings. The van der Waals surface area contributed by atoms with E-state index in [1.54, 1.807) is 28.8 Å². The van der Waals surface area contributed by atoms with Gasteiger partial charge in [0.2, 0.25) is 0 Å². The van der Waals surface area contributed by atoms with E-state index in [4.69, 9.17) is 33.7 Å². The number of nitriles is 1. The molecule has 182 valence electrons. The Morgan fingerprint density at radius 1 is 1.40 bits per heavy atom. The Balaban J connectivity index is 1.84. The van der Waals surface area contributed by atoms with Gasteiger partial charge in [-0.25, -0.2) is 4.98 Å². The summed E-state index contributed by atoms with van der Waals surface area (Å²) in [7, 11) is 1.52. The summed E-state index contributed by atoms with van der Waals surface area (Å²) in [6.45, 7) is 1.13. The van der Waals surface area contributed by atoms with Crippen LogP contribution >= 0.6 is 23.2 Å². The average Bonchev–Trinajstić information content (AvgIpc) is 3.18. The zero-order chi connectivity index (χ0) is 25.1. The van der Waals surface area contributed by atoms with Crippen molar-refractivity contribution in [3.63, 3.8) is 0 Å². The molecule has 9 nitrogen and oxygen atoms in total. The van der Waals surface area contributed by atoms with E-state index in [1.807, 2.05) is 4.90 Å². The van der Waals surface area contributed by atoms with Gasteiger partial charge in [-0.2, -0.15) is 5.26 Å². The van der Waals surface area contributed by atoms with Gasteiger partial charge < -0.3 is 19.9 Å². The van der Waals surface area contributed by atoms with E-state index in [0.29, 0.717) is 30.2 Å². The molecule has 4 rings (SSSR count). The molecule has 1 atom stereocenters. The van der Waals surface area contributed by atoms with Crippen LogP contribution in [0.3, 0.4) is 0 Å². The first-order chi connectivity index (χ1) is 16.8. The molecule has 0 saturated carbocycles. The monoisotopic (exact) mass is 514 g/mol. The average molecular weight is 515 g/mol. The molecule has 1 aliphatic rings. The molecule has 0 bridgehead atoms. The molecule has 0 aliphatic carbocycles. The number of aromatic nitrogens is 3. The summed E-state index contributed by atoms with van der Waals surface area (Å²) < 4.78 is 8.13. The Bertz CT molecular complexity index is 1400. The molecule has 1 aromatic carbocycles. The molecular weight excluding hydrogens is 491 g/mol. The second-order valence-electron chi connectivity index (χ2n) is 8.29. The lowest BCUT2D eigenvalue weighted by Crippen LogP contribution is -2.44. The molecule has 3 heterocycles. The normalized spacial score (nSPS) is 15.6. The number of rotatable bonds is 7. The number of ether oxygens (including phenoxy) is 1. The molecule has 35 heavy (non-hydrogen) atoms. The predicted octanol–water partition coefficient (Wildman–Crippen LogP) is 3.21. The van der Waals surface area contributed by atoms with E-state index in [-0.39, 0.29) is 46.0 Å². The molecular formula is C24H24Cl2N6O3. The van der Waals surface area contributed by atoms with Crippen molar-refractivity contribution in [3.05, 3.63) is 62.6 Å². The summed E-state index contributed by atoms with van der Waals surface area (Å²) in [5, 5.41) is 10.0. The molecule has 11 heteroatoms. The largest absolute Gasteiger partial charge is 0.497 e. The first-order valence-corrected chi connectivity index (χ1v) is 11.8. The zero-order valence-corrected chi connectivity index (χ0v) is 20.6. The van der Waals surface area contributed by atoms with Crippen LogP contribution in [0.2, 0.25) is 0 Å². The first kappa shape index (κ1) is 24.8. The fourth-order valence-corrected chi connectivity index (χ4v) is 4.52. The van der Waals surface area contributed by atoms with E-state index in [9.17, 15) is 14.9 Å². The Kier molecular flexibility index (Phi) is 7.45. The number of benzene rings is 1. The number of anilines is 1. The molecule has 1 aliphatic heterocycles. The van der Waals surface area contributed by atoms with Crippen LogP contribution in [0.15, 0.2) is 46.0 Å². The van der Waals surface area contributed by atoms with Crippen molar-refractivity contribution >= 4 is 45.8 Å². The van der Waals surface area contributed by atoms with Crippen LogP contribution in [0.25, 0.3) is 11.0 Å². The third kappa shape index (κ3) is 5.05. The van der Waals surface area contributed by atoms with E-state index in [2.05, 4.69) is 11.1 Å². The van der Waals surface area contributed by atoms with Gasteiger partial charge in [-0.15, -0.1) is 0 Å². The minimum Gasteiger partial charge on any atom is -0.497 e. The SMILES string of the molecule is COc1cccc(C(=O)Cn2cnc3c(C#N)c(N4CCC[C@H](N)C4)n(CC=C(Cl)Cl)c3c2=O)c1. The van der Waals surface area contributed by atoms with Gasteiger partial charge in [0.1, 0.15) is 38.7 Å². The maximum atomic E-state index is 13.6. The fourth-order valence-electron chi connectivity index (χ4n) is 4.38. The molecule has 0 spiro atoms. The number of hydrogen-bond acceptors (Lipinski definition) is 7. The smallest absolute Gasteiger partial charge is 0.278 e. The quantitative estimate of drug-likeness (QED) is 0.480. The highest BCUT2D eigenvalue weighted by atomic mass is 35.5. The van der Waals surface area contributed by atoms with Gasteiger partial charge in [0, 0.05) is 31.2 Å². The number of allylic oxidation sites excluding steroid dienone is 1. The Morgan fingerprint density at radius 3 is 2.89 bits per heavy atom. The number of nitrogens with two attached hydrogens (primary N) is 1. The highest BCUT2D eigenvalue weighted by molar-refractivity contribution is 6.55. The predicted molar refractivity (Wildman–Crippen MR) is 135 cm³/mol. The lowest BCUT2D eigenvalue weighted by molar-refractivity contribution is 0.0970. The maximum absolute atomic E-state index is 13.6. The number of methoxy groups -OCH3 is 1. The third-order valence-electron chi connectivity index (χ3n) is 6.00. The number of carbonyl (C=O) groups is 1. The van der Waals surface area contributed by atoms with E-state index in [1.165, 1.54) is 24.1 Å². The minimum atomic E-state index is -0.450. The van der Waals surface area contributed by atoms with Crippen LogP contribution in [0.5, 0.6) is 5.75 Å². The second kappa shape index (κ2) is 10.5. The molecule has 1 fully saturated rings. The highest BCUT2D eigenvalue weighted by Gasteiger charge is 2.28. The molecule has 2 aromatic heterocycles. The zero-order valence-electron chi connectivity index (χ0n) is 19.1. The standard InChI is InChI=1S/C24H24Cl2N6O3/c1-35-17-6-2-4-15(10-17)19(33)13-31-14-29-21-18(11-27)23(30-8-3-5-16(28)12-30)32(9-7-20(25)26)22(21)24(31)34/h2,4,6-7,10,14,16H,3,5,8-9,12-13,28H2,1H3/t16-/m0/s1. The van der Waals surface area contributed by atoms with Crippen LogP contribution in [0, 0.1) is 11.3 Å². The number of hydrogen-bond donors (Lipinski definition) is 1. The van der Waals surface area contributed by atoms with E-state index < -0.39 is 5.56 Å². The van der Waals surface area contributed by atoms with Crippen molar-refractivity contribution in [2.45, 2.75) is 32.0 Å². The van der Waals surface area contributed by atoms with Gasteiger partial charge >= 0.3 is 0 Å². The van der Waals surface area contributed by atoms with Crippen molar-refractivity contribution < 1.29 is 9.53 Å². The Labute approximate surface area is 211 Å². The number of fused-ring (bicyclic) bond motifs is 1. The third-order valence-corrected chi connectivity index (χ3v) is 6.31. The summed E-state index contributed by atoms with van der Waals surface area (Å²) >= 11 is 11.7. The number of halogens is 2. The van der Waals surface area contributed by atoms with Gasteiger partial charge in [0.25, 0.3) is 5.56 Å². The van der Waals surface area contributed by atoms with Crippen LogP contribution in [0.4, 0.5) is 5.82 Å². The van der Waals surface area contributed by atoms with Gasteiger partial charge in [-0.1, -0.05) is 35.3 Å². The van der Waals surface area contributed by atoms with Crippen molar-refractivity contribution in [3.8, 4) is 11.8 Å². The summed E-state index contributed by atoms with van der Waals surface area (Å²) in [6.07, 6.45) is 4.56. The van der Waals surface area contributed by atoms with Crippen LogP contribution in [-0.4, -0.2) is 46.1 Å². The summed E-state index contributed by atoms with van der Waals surface area (Å²) in [4.78, 5) is 32.9. The van der Waals surface area contributed by atoms with Crippen LogP contribution in [-0.2, 0) is 13.1 Å².